The Bertz CT molecular complexity index is 1210. The highest BCUT2D eigenvalue weighted by Gasteiger charge is 2.14. The van der Waals surface area contributed by atoms with Crippen molar-refractivity contribution in [1.82, 2.24) is 10.1 Å². The minimum Gasteiger partial charge on any atom is -0.494 e. The number of aromatic nitrogens is 2. The molecule has 0 bridgehead atoms. The fourth-order valence-electron chi connectivity index (χ4n) is 3.11. The molecule has 8 heteroatoms. The highest BCUT2D eigenvalue weighted by Crippen LogP contribution is 2.32. The van der Waals surface area contributed by atoms with Crippen LogP contribution in [-0.4, -0.2) is 36.4 Å². The first-order chi connectivity index (χ1) is 16.2. The number of anilines is 1. The third kappa shape index (κ3) is 5.48. The molecule has 0 aliphatic rings. The van der Waals surface area contributed by atoms with Gasteiger partial charge in [0.1, 0.15) is 5.75 Å². The van der Waals surface area contributed by atoms with Crippen molar-refractivity contribution in [2.75, 3.05) is 25.6 Å². The highest BCUT2D eigenvalue weighted by atomic mass is 16.5. The van der Waals surface area contributed by atoms with E-state index in [2.05, 4.69) is 15.5 Å². The summed E-state index contributed by atoms with van der Waals surface area (Å²) in [5, 5.41) is 6.83. The number of amides is 1. The van der Waals surface area contributed by atoms with Crippen LogP contribution in [0.4, 0.5) is 5.69 Å². The number of nitrogens with zero attached hydrogens (tertiary/aromatic N) is 2. The average Bonchev–Trinajstić information content (AvgIpc) is 3.35. The van der Waals surface area contributed by atoms with Crippen LogP contribution in [0, 0.1) is 0 Å². The standard InChI is InChI=1S/C25H23N3O5/c1-3-31-20-12-10-19(11-13-20)26-23(29)16-32-21-14-9-18(15-22(21)30-2)24-27-25(33-28-24)17-7-5-4-6-8-17/h4-15H,3,16H2,1-2H3,(H,26,29). The first kappa shape index (κ1) is 21.9. The Morgan fingerprint density at radius 1 is 0.939 bits per heavy atom. The van der Waals surface area contributed by atoms with Crippen LogP contribution in [0.15, 0.2) is 77.3 Å². The van der Waals surface area contributed by atoms with Crippen molar-refractivity contribution >= 4 is 11.6 Å². The van der Waals surface area contributed by atoms with Crippen LogP contribution in [0.1, 0.15) is 6.92 Å². The molecule has 0 spiro atoms. The number of carbonyl (C=O) groups excluding carboxylic acids is 1. The van der Waals surface area contributed by atoms with Gasteiger partial charge < -0.3 is 24.1 Å². The number of methoxy groups -OCH3 is 1. The fourth-order valence-corrected chi connectivity index (χ4v) is 3.11. The molecular formula is C25H23N3O5. The van der Waals surface area contributed by atoms with Crippen molar-refractivity contribution in [2.24, 2.45) is 0 Å². The topological polar surface area (TPSA) is 95.7 Å². The molecule has 4 rings (SSSR count). The Labute approximate surface area is 191 Å². The maximum atomic E-state index is 12.3. The molecule has 0 unspecified atom stereocenters. The quantitative estimate of drug-likeness (QED) is 0.394. The zero-order chi connectivity index (χ0) is 23.0. The minimum absolute atomic E-state index is 0.177. The zero-order valence-electron chi connectivity index (χ0n) is 18.3. The summed E-state index contributed by atoms with van der Waals surface area (Å²) in [5.41, 5.74) is 2.19. The maximum Gasteiger partial charge on any atom is 0.262 e. The van der Waals surface area contributed by atoms with Crippen LogP contribution in [0.25, 0.3) is 22.8 Å². The Hall–Kier alpha value is -4.33. The van der Waals surface area contributed by atoms with E-state index in [1.165, 1.54) is 7.11 Å². The number of rotatable bonds is 9. The van der Waals surface area contributed by atoms with Crippen LogP contribution in [0.5, 0.6) is 17.2 Å². The van der Waals surface area contributed by atoms with Gasteiger partial charge in [-0.3, -0.25) is 4.79 Å². The van der Waals surface area contributed by atoms with E-state index in [1.54, 1.807) is 42.5 Å². The molecule has 1 aromatic heterocycles. The lowest BCUT2D eigenvalue weighted by molar-refractivity contribution is -0.118. The van der Waals surface area contributed by atoms with Gasteiger partial charge in [0.15, 0.2) is 18.1 Å². The number of benzene rings is 3. The van der Waals surface area contributed by atoms with Gasteiger partial charge in [-0.25, -0.2) is 0 Å². The zero-order valence-corrected chi connectivity index (χ0v) is 18.3. The number of ether oxygens (including phenoxy) is 3. The summed E-state index contributed by atoms with van der Waals surface area (Å²) in [6.07, 6.45) is 0. The third-order valence-corrected chi connectivity index (χ3v) is 4.68. The summed E-state index contributed by atoms with van der Waals surface area (Å²) in [6.45, 7) is 2.32. The summed E-state index contributed by atoms with van der Waals surface area (Å²) in [4.78, 5) is 16.7. The van der Waals surface area contributed by atoms with Gasteiger partial charge in [-0.2, -0.15) is 4.98 Å². The molecule has 168 valence electrons. The van der Waals surface area contributed by atoms with E-state index >= 15 is 0 Å². The highest BCUT2D eigenvalue weighted by molar-refractivity contribution is 5.92. The molecule has 0 fully saturated rings. The Balaban J connectivity index is 1.40. The Kier molecular flexibility index (Phi) is 6.84. The number of hydrogen-bond acceptors (Lipinski definition) is 7. The normalized spacial score (nSPS) is 10.5. The lowest BCUT2D eigenvalue weighted by atomic mass is 10.2. The van der Waals surface area contributed by atoms with E-state index in [9.17, 15) is 4.79 Å². The van der Waals surface area contributed by atoms with E-state index in [0.29, 0.717) is 41.1 Å². The molecular weight excluding hydrogens is 422 g/mol. The van der Waals surface area contributed by atoms with Crippen LogP contribution < -0.4 is 19.5 Å². The van der Waals surface area contributed by atoms with Crippen LogP contribution in [0.3, 0.4) is 0 Å². The maximum absolute atomic E-state index is 12.3. The summed E-state index contributed by atoms with van der Waals surface area (Å²) < 4.78 is 21.9. The smallest absolute Gasteiger partial charge is 0.262 e. The average molecular weight is 445 g/mol. The van der Waals surface area contributed by atoms with Gasteiger partial charge in [0, 0.05) is 16.8 Å². The van der Waals surface area contributed by atoms with Crippen molar-refractivity contribution in [3.63, 3.8) is 0 Å². The molecule has 1 heterocycles. The monoisotopic (exact) mass is 445 g/mol. The molecule has 1 N–H and O–H groups in total. The molecule has 0 saturated heterocycles. The van der Waals surface area contributed by atoms with Crippen molar-refractivity contribution in [1.29, 1.82) is 0 Å². The van der Waals surface area contributed by atoms with Gasteiger partial charge in [0.2, 0.25) is 5.82 Å². The number of hydrogen-bond donors (Lipinski definition) is 1. The summed E-state index contributed by atoms with van der Waals surface area (Å²) >= 11 is 0. The molecule has 0 aliphatic carbocycles. The first-order valence-corrected chi connectivity index (χ1v) is 10.4. The molecule has 0 radical (unpaired) electrons. The molecule has 0 aliphatic heterocycles. The molecule has 1 amide bonds. The Morgan fingerprint density at radius 3 is 2.45 bits per heavy atom. The third-order valence-electron chi connectivity index (χ3n) is 4.68. The van der Waals surface area contributed by atoms with Gasteiger partial charge in [0.05, 0.1) is 13.7 Å². The summed E-state index contributed by atoms with van der Waals surface area (Å²) in [6, 6.07) is 21.9. The lowest BCUT2D eigenvalue weighted by Gasteiger charge is -2.12. The van der Waals surface area contributed by atoms with Crippen molar-refractivity contribution in [3.05, 3.63) is 72.8 Å². The van der Waals surface area contributed by atoms with Crippen LogP contribution in [-0.2, 0) is 4.79 Å². The fraction of sp³-hybridized carbons (Fsp3) is 0.160. The van der Waals surface area contributed by atoms with Crippen molar-refractivity contribution < 1.29 is 23.5 Å². The van der Waals surface area contributed by atoms with Crippen molar-refractivity contribution in [3.8, 4) is 40.1 Å². The summed E-state index contributed by atoms with van der Waals surface area (Å²) in [7, 11) is 1.53. The van der Waals surface area contributed by atoms with Crippen molar-refractivity contribution in [2.45, 2.75) is 6.92 Å². The lowest BCUT2D eigenvalue weighted by Crippen LogP contribution is -2.20. The predicted molar refractivity (Wildman–Crippen MR) is 123 cm³/mol. The van der Waals surface area contributed by atoms with Gasteiger partial charge in [0.25, 0.3) is 11.8 Å². The van der Waals surface area contributed by atoms with Gasteiger partial charge >= 0.3 is 0 Å². The predicted octanol–water partition coefficient (Wildman–Crippen LogP) is 4.83. The van der Waals surface area contributed by atoms with E-state index in [-0.39, 0.29) is 12.5 Å². The second kappa shape index (κ2) is 10.3. The van der Waals surface area contributed by atoms with Gasteiger partial charge in [-0.05, 0) is 61.5 Å². The second-order valence-corrected chi connectivity index (χ2v) is 6.95. The second-order valence-electron chi connectivity index (χ2n) is 6.95. The largest absolute Gasteiger partial charge is 0.494 e. The molecule has 0 saturated carbocycles. The molecule has 8 nitrogen and oxygen atoms in total. The molecule has 4 aromatic rings. The summed E-state index contributed by atoms with van der Waals surface area (Å²) in [5.74, 6) is 2.18. The minimum atomic E-state index is -0.295. The molecule has 33 heavy (non-hydrogen) atoms. The van der Waals surface area contributed by atoms with E-state index < -0.39 is 0 Å². The number of nitrogens with one attached hydrogen (secondary N) is 1. The van der Waals surface area contributed by atoms with E-state index in [0.717, 1.165) is 11.3 Å². The first-order valence-electron chi connectivity index (χ1n) is 10.4. The molecule has 3 aromatic carbocycles. The SMILES string of the molecule is CCOc1ccc(NC(=O)COc2ccc(-c3noc(-c4ccccc4)n3)cc2OC)cc1. The van der Waals surface area contributed by atoms with Crippen LogP contribution >= 0.6 is 0 Å². The van der Waals surface area contributed by atoms with E-state index in [1.807, 2.05) is 37.3 Å². The van der Waals surface area contributed by atoms with Crippen LogP contribution in [0.2, 0.25) is 0 Å². The van der Waals surface area contributed by atoms with E-state index in [4.69, 9.17) is 18.7 Å². The van der Waals surface area contributed by atoms with Gasteiger partial charge in [-0.15, -0.1) is 0 Å². The molecule has 0 atom stereocenters. The van der Waals surface area contributed by atoms with Gasteiger partial charge in [-0.1, -0.05) is 23.4 Å². The Morgan fingerprint density at radius 2 is 1.73 bits per heavy atom. The number of carbonyl (C=O) groups is 1.